The van der Waals surface area contributed by atoms with E-state index in [1.807, 2.05) is 37.3 Å². The van der Waals surface area contributed by atoms with Gasteiger partial charge in [0.1, 0.15) is 18.2 Å². The fourth-order valence-corrected chi connectivity index (χ4v) is 5.16. The lowest BCUT2D eigenvalue weighted by atomic mass is 9.90. The van der Waals surface area contributed by atoms with E-state index in [4.69, 9.17) is 17.0 Å². The van der Waals surface area contributed by atoms with E-state index in [1.165, 1.54) is 0 Å². The summed E-state index contributed by atoms with van der Waals surface area (Å²) < 4.78 is 6.49. The third kappa shape index (κ3) is 5.73. The number of benzene rings is 2. The van der Waals surface area contributed by atoms with Crippen LogP contribution in [0.25, 0.3) is 10.9 Å². The molecule has 3 heterocycles. The standard InChI is InChI=1S/C28H32N6O2S/c1-17(2)34-13-12-23(26-31-28(37)33-32-26)25(15-34)30-27(35)19-8-10-21(11-9-19)36-16-20-14-18(3)29-24-7-5-4-6-22(20)24/h4-11,14,17,23,25H,12-13,15-16H2,1-3H3,(H,30,35)(H2,31,32,33,37)/t23-,25+/m0/s1. The number of pyridine rings is 1. The summed E-state index contributed by atoms with van der Waals surface area (Å²) in [7, 11) is 0. The Morgan fingerprint density at radius 3 is 2.68 bits per heavy atom. The van der Waals surface area contributed by atoms with Gasteiger partial charge in [-0.15, -0.1) is 0 Å². The number of H-pyrrole nitrogens is 2. The Morgan fingerprint density at radius 2 is 1.95 bits per heavy atom. The molecule has 0 radical (unpaired) electrons. The van der Waals surface area contributed by atoms with Gasteiger partial charge in [0.05, 0.1) is 11.6 Å². The van der Waals surface area contributed by atoms with E-state index in [2.05, 4.69) is 56.4 Å². The predicted molar refractivity (Wildman–Crippen MR) is 146 cm³/mol. The van der Waals surface area contributed by atoms with Gasteiger partial charge in [0, 0.05) is 40.7 Å². The fourth-order valence-electron chi connectivity index (χ4n) is 5.01. The molecule has 3 N–H and O–H groups in total. The zero-order valence-corrected chi connectivity index (χ0v) is 22.1. The molecule has 5 rings (SSSR count). The van der Waals surface area contributed by atoms with Crippen LogP contribution in [0.1, 0.15) is 53.6 Å². The Labute approximate surface area is 221 Å². The maximum Gasteiger partial charge on any atom is 0.251 e. The molecule has 1 amide bonds. The molecule has 2 atom stereocenters. The molecule has 2 aromatic heterocycles. The molecule has 0 saturated carbocycles. The number of piperidine rings is 1. The lowest BCUT2D eigenvalue weighted by molar-refractivity contribution is 0.0859. The summed E-state index contributed by atoms with van der Waals surface area (Å²) >= 11 is 5.15. The largest absolute Gasteiger partial charge is 0.489 e. The van der Waals surface area contributed by atoms with Crippen LogP contribution in [0.4, 0.5) is 0 Å². The lowest BCUT2D eigenvalue weighted by Crippen LogP contribution is -2.53. The summed E-state index contributed by atoms with van der Waals surface area (Å²) in [5.41, 5.74) is 3.59. The quantitative estimate of drug-likeness (QED) is 0.302. The van der Waals surface area contributed by atoms with Crippen LogP contribution in [0, 0.1) is 11.7 Å². The number of nitrogens with one attached hydrogen (secondary N) is 3. The van der Waals surface area contributed by atoms with Crippen molar-refractivity contribution in [3.05, 3.63) is 82.0 Å². The van der Waals surface area contributed by atoms with E-state index >= 15 is 0 Å². The lowest BCUT2D eigenvalue weighted by Gasteiger charge is -2.40. The number of aryl methyl sites for hydroxylation is 1. The molecule has 0 bridgehead atoms. The van der Waals surface area contributed by atoms with Gasteiger partial charge in [-0.2, -0.15) is 0 Å². The summed E-state index contributed by atoms with van der Waals surface area (Å²) in [5, 5.41) is 10.3. The second kappa shape index (κ2) is 10.8. The molecule has 1 aliphatic heterocycles. The summed E-state index contributed by atoms with van der Waals surface area (Å²) in [6.07, 6.45) is 0.884. The van der Waals surface area contributed by atoms with Crippen molar-refractivity contribution in [1.29, 1.82) is 0 Å². The number of amides is 1. The first-order valence-corrected chi connectivity index (χ1v) is 13.1. The third-order valence-corrected chi connectivity index (χ3v) is 7.20. The number of ether oxygens (including phenoxy) is 1. The van der Waals surface area contributed by atoms with Gasteiger partial charge >= 0.3 is 0 Å². The Morgan fingerprint density at radius 1 is 1.16 bits per heavy atom. The summed E-state index contributed by atoms with van der Waals surface area (Å²) in [4.78, 5) is 24.6. The first-order valence-electron chi connectivity index (χ1n) is 12.6. The molecule has 4 aromatic rings. The van der Waals surface area contributed by atoms with Gasteiger partial charge in [-0.25, -0.2) is 4.98 Å². The highest BCUT2D eigenvalue weighted by atomic mass is 32.1. The number of nitrogens with zero attached hydrogens (tertiary/aromatic N) is 3. The van der Waals surface area contributed by atoms with Crippen molar-refractivity contribution in [2.24, 2.45) is 0 Å². The minimum absolute atomic E-state index is 0.0631. The van der Waals surface area contributed by atoms with Crippen molar-refractivity contribution in [1.82, 2.24) is 30.4 Å². The third-order valence-electron chi connectivity index (χ3n) is 7.00. The highest BCUT2D eigenvalue weighted by Crippen LogP contribution is 2.27. The summed E-state index contributed by atoms with van der Waals surface area (Å²) in [6, 6.07) is 17.7. The highest BCUT2D eigenvalue weighted by molar-refractivity contribution is 7.71. The molecule has 9 heteroatoms. The molecule has 192 valence electrons. The topological polar surface area (TPSA) is 98.9 Å². The number of likely N-dealkylation sites (tertiary alicyclic amines) is 1. The first-order chi connectivity index (χ1) is 17.9. The number of para-hydroxylation sites is 1. The van der Waals surface area contributed by atoms with Crippen molar-refractivity contribution in [3.8, 4) is 5.75 Å². The van der Waals surface area contributed by atoms with E-state index in [0.717, 1.165) is 47.5 Å². The Kier molecular flexibility index (Phi) is 7.34. The highest BCUT2D eigenvalue weighted by Gasteiger charge is 2.34. The molecule has 0 aliphatic carbocycles. The van der Waals surface area contributed by atoms with Gasteiger partial charge < -0.3 is 10.1 Å². The molecule has 1 aliphatic rings. The zero-order valence-electron chi connectivity index (χ0n) is 21.3. The van der Waals surface area contributed by atoms with Crippen LogP contribution in [0.15, 0.2) is 54.6 Å². The van der Waals surface area contributed by atoms with Gasteiger partial charge in [0.15, 0.2) is 0 Å². The van der Waals surface area contributed by atoms with Crippen molar-refractivity contribution in [3.63, 3.8) is 0 Å². The number of aromatic amines is 2. The minimum atomic E-state index is -0.114. The molecule has 8 nitrogen and oxygen atoms in total. The van der Waals surface area contributed by atoms with Crippen LogP contribution in [-0.2, 0) is 6.61 Å². The van der Waals surface area contributed by atoms with E-state index in [0.29, 0.717) is 28.7 Å². The van der Waals surface area contributed by atoms with E-state index in [9.17, 15) is 4.79 Å². The van der Waals surface area contributed by atoms with Crippen LogP contribution in [0.3, 0.4) is 0 Å². The molecule has 1 saturated heterocycles. The van der Waals surface area contributed by atoms with Gasteiger partial charge in [-0.05, 0) is 82.4 Å². The maximum atomic E-state index is 13.2. The Balaban J connectivity index is 1.27. The average molecular weight is 517 g/mol. The van der Waals surface area contributed by atoms with Crippen molar-refractivity contribution < 1.29 is 9.53 Å². The number of fused-ring (bicyclic) bond motifs is 1. The van der Waals surface area contributed by atoms with E-state index in [1.54, 1.807) is 12.1 Å². The van der Waals surface area contributed by atoms with Crippen LogP contribution in [-0.4, -0.2) is 56.1 Å². The summed E-state index contributed by atoms with van der Waals surface area (Å²) in [6.45, 7) is 8.46. The van der Waals surface area contributed by atoms with Crippen molar-refractivity contribution in [2.45, 2.75) is 51.8 Å². The second-order valence-corrected chi connectivity index (χ2v) is 10.3. The van der Waals surface area contributed by atoms with Crippen LogP contribution < -0.4 is 10.1 Å². The fraction of sp³-hybridized carbons (Fsp3) is 0.357. The SMILES string of the molecule is Cc1cc(COc2ccc(C(=O)N[C@@H]3CN(C(C)C)CC[C@@H]3c3nc(=S)[nH][nH]3)cc2)c2ccccc2n1. The molecular formula is C28H32N6O2S. The van der Waals surface area contributed by atoms with Crippen LogP contribution in [0.5, 0.6) is 5.75 Å². The molecule has 0 unspecified atom stereocenters. The van der Waals surface area contributed by atoms with E-state index < -0.39 is 0 Å². The summed E-state index contributed by atoms with van der Waals surface area (Å²) in [5.74, 6) is 1.45. The second-order valence-electron chi connectivity index (χ2n) is 9.87. The number of carbonyl (C=O) groups excluding carboxylic acids is 1. The van der Waals surface area contributed by atoms with Gasteiger partial charge in [-0.3, -0.25) is 24.9 Å². The zero-order chi connectivity index (χ0) is 25.9. The molecule has 1 fully saturated rings. The Bertz CT molecular complexity index is 1450. The number of hydrogen-bond acceptors (Lipinski definition) is 6. The molecule has 2 aromatic carbocycles. The maximum absolute atomic E-state index is 13.2. The number of aromatic nitrogens is 4. The first kappa shape index (κ1) is 25.1. The number of rotatable bonds is 7. The number of carbonyl (C=O) groups is 1. The molecule has 0 spiro atoms. The van der Waals surface area contributed by atoms with Crippen molar-refractivity contribution in [2.75, 3.05) is 13.1 Å². The monoisotopic (exact) mass is 516 g/mol. The number of hydrogen-bond donors (Lipinski definition) is 3. The van der Waals surface area contributed by atoms with Gasteiger partial charge in [0.2, 0.25) is 4.77 Å². The van der Waals surface area contributed by atoms with Crippen LogP contribution in [0.2, 0.25) is 0 Å². The smallest absolute Gasteiger partial charge is 0.251 e. The van der Waals surface area contributed by atoms with Gasteiger partial charge in [0.25, 0.3) is 5.91 Å². The molecular weight excluding hydrogens is 484 g/mol. The van der Waals surface area contributed by atoms with Gasteiger partial charge in [-0.1, -0.05) is 18.2 Å². The average Bonchev–Trinajstić information content (AvgIpc) is 3.33. The van der Waals surface area contributed by atoms with Crippen LogP contribution >= 0.6 is 12.2 Å². The molecule has 37 heavy (non-hydrogen) atoms. The van der Waals surface area contributed by atoms with Crippen molar-refractivity contribution >= 4 is 29.0 Å². The van der Waals surface area contributed by atoms with E-state index in [-0.39, 0.29) is 17.9 Å². The normalized spacial score (nSPS) is 18.3. The minimum Gasteiger partial charge on any atom is -0.489 e. The predicted octanol–water partition coefficient (Wildman–Crippen LogP) is 4.90. The Hall–Kier alpha value is -3.56.